The molecule has 2 nitrogen and oxygen atoms in total. The first-order valence-electron chi connectivity index (χ1n) is 4.60. The van der Waals surface area contributed by atoms with Crippen LogP contribution in [-0.4, -0.2) is 29.8 Å². The molecule has 12 heavy (non-hydrogen) atoms. The van der Waals surface area contributed by atoms with Gasteiger partial charge < -0.3 is 4.90 Å². The number of unbranched alkanes of at least 4 members (excludes halogenated alkanes) is 1. The molecule has 72 valence electrons. The molecule has 1 amide bonds. The second kappa shape index (κ2) is 7.41. The van der Waals surface area contributed by atoms with Gasteiger partial charge in [-0.25, -0.2) is 0 Å². The summed E-state index contributed by atoms with van der Waals surface area (Å²) in [4.78, 5) is 13.1. The lowest BCUT2D eigenvalue weighted by atomic mass is 10.3. The molecule has 0 bridgehead atoms. The van der Waals surface area contributed by atoms with Gasteiger partial charge in [0.05, 0.1) is 0 Å². The fourth-order valence-corrected chi connectivity index (χ4v) is 1.24. The Morgan fingerprint density at radius 1 is 1.33 bits per heavy atom. The zero-order valence-electron chi connectivity index (χ0n) is 7.98. The average Bonchev–Trinajstić information content (AvgIpc) is 2.11. The highest BCUT2D eigenvalue weighted by Crippen LogP contribution is 1.98. The summed E-state index contributed by atoms with van der Waals surface area (Å²) in [6, 6.07) is 0. The molecule has 0 aromatic rings. The van der Waals surface area contributed by atoms with Crippen LogP contribution in [0, 0.1) is 0 Å². The SMILES string of the molecule is CCCCN(CCCl)C(=O)CC. The lowest BCUT2D eigenvalue weighted by molar-refractivity contribution is -0.130. The lowest BCUT2D eigenvalue weighted by Gasteiger charge is -2.20. The number of amides is 1. The van der Waals surface area contributed by atoms with Crippen LogP contribution < -0.4 is 0 Å². The van der Waals surface area contributed by atoms with Crippen LogP contribution in [0.4, 0.5) is 0 Å². The molecule has 3 heteroatoms. The van der Waals surface area contributed by atoms with Crippen molar-refractivity contribution in [2.45, 2.75) is 33.1 Å². The van der Waals surface area contributed by atoms with Gasteiger partial charge in [-0.2, -0.15) is 0 Å². The molecule has 0 aromatic carbocycles. The Bertz CT molecular complexity index is 128. The van der Waals surface area contributed by atoms with E-state index in [9.17, 15) is 4.79 Å². The predicted molar refractivity (Wildman–Crippen MR) is 52.5 cm³/mol. The van der Waals surface area contributed by atoms with E-state index in [1.807, 2.05) is 11.8 Å². The Kier molecular flexibility index (Phi) is 7.26. The minimum Gasteiger partial charge on any atom is -0.342 e. The highest BCUT2D eigenvalue weighted by Gasteiger charge is 2.08. The second-order valence-corrected chi connectivity index (χ2v) is 3.15. The van der Waals surface area contributed by atoms with Crippen molar-refractivity contribution >= 4 is 17.5 Å². The Morgan fingerprint density at radius 2 is 2.00 bits per heavy atom. The molecule has 0 aromatic heterocycles. The van der Waals surface area contributed by atoms with E-state index >= 15 is 0 Å². The smallest absolute Gasteiger partial charge is 0.222 e. The van der Waals surface area contributed by atoms with E-state index in [2.05, 4.69) is 6.92 Å². The fraction of sp³-hybridized carbons (Fsp3) is 0.889. The number of rotatable bonds is 6. The molecule has 0 fully saturated rings. The van der Waals surface area contributed by atoms with Gasteiger partial charge in [-0.1, -0.05) is 20.3 Å². The number of alkyl halides is 1. The third-order valence-electron chi connectivity index (χ3n) is 1.79. The summed E-state index contributed by atoms with van der Waals surface area (Å²) in [6.07, 6.45) is 2.78. The standard InChI is InChI=1S/C9H18ClNO/c1-3-5-7-11(8-6-10)9(12)4-2/h3-8H2,1-2H3. The van der Waals surface area contributed by atoms with Crippen LogP contribution in [-0.2, 0) is 4.79 Å². The van der Waals surface area contributed by atoms with Crippen molar-refractivity contribution in [2.75, 3.05) is 19.0 Å². The van der Waals surface area contributed by atoms with Crippen LogP contribution in [0.1, 0.15) is 33.1 Å². The van der Waals surface area contributed by atoms with E-state index in [1.54, 1.807) is 0 Å². The third kappa shape index (κ3) is 4.60. The maximum Gasteiger partial charge on any atom is 0.222 e. The minimum absolute atomic E-state index is 0.212. The van der Waals surface area contributed by atoms with Gasteiger partial charge in [-0.15, -0.1) is 11.6 Å². The van der Waals surface area contributed by atoms with Gasteiger partial charge in [0.15, 0.2) is 0 Å². The molecule has 0 radical (unpaired) electrons. The molecule has 0 aliphatic carbocycles. The van der Waals surface area contributed by atoms with Crippen molar-refractivity contribution in [1.82, 2.24) is 4.90 Å². The topological polar surface area (TPSA) is 20.3 Å². The molecule has 0 rings (SSSR count). The maximum absolute atomic E-state index is 11.3. The summed E-state index contributed by atoms with van der Waals surface area (Å²) in [7, 11) is 0. The first-order chi connectivity index (χ1) is 5.76. The summed E-state index contributed by atoms with van der Waals surface area (Å²) < 4.78 is 0. The number of halogens is 1. The lowest BCUT2D eigenvalue weighted by Crippen LogP contribution is -2.32. The number of hydrogen-bond acceptors (Lipinski definition) is 1. The summed E-state index contributed by atoms with van der Waals surface area (Å²) in [5, 5.41) is 0. The van der Waals surface area contributed by atoms with Crippen molar-refractivity contribution in [2.24, 2.45) is 0 Å². The average molecular weight is 192 g/mol. The highest BCUT2D eigenvalue weighted by atomic mass is 35.5. The van der Waals surface area contributed by atoms with Crippen molar-refractivity contribution < 1.29 is 4.79 Å². The number of carbonyl (C=O) groups is 1. The quantitative estimate of drug-likeness (QED) is 0.590. The molecule has 0 aliphatic heterocycles. The molecule has 0 heterocycles. The minimum atomic E-state index is 0.212. The molecule has 0 spiro atoms. The van der Waals surface area contributed by atoms with E-state index in [-0.39, 0.29) is 5.91 Å². The monoisotopic (exact) mass is 191 g/mol. The number of hydrogen-bond donors (Lipinski definition) is 0. The van der Waals surface area contributed by atoms with Gasteiger partial charge in [0.25, 0.3) is 0 Å². The predicted octanol–water partition coefficient (Wildman–Crippen LogP) is 2.26. The van der Waals surface area contributed by atoms with Gasteiger partial charge in [-0.05, 0) is 6.42 Å². The van der Waals surface area contributed by atoms with E-state index in [4.69, 9.17) is 11.6 Å². The van der Waals surface area contributed by atoms with Crippen molar-refractivity contribution in [3.05, 3.63) is 0 Å². The van der Waals surface area contributed by atoms with Gasteiger partial charge in [0.2, 0.25) is 5.91 Å². The summed E-state index contributed by atoms with van der Waals surface area (Å²) in [5.74, 6) is 0.749. The van der Waals surface area contributed by atoms with E-state index in [0.717, 1.165) is 19.4 Å². The zero-order valence-corrected chi connectivity index (χ0v) is 8.73. The molecule has 0 saturated carbocycles. The molecule has 0 N–H and O–H groups in total. The molecule has 0 atom stereocenters. The Morgan fingerprint density at radius 3 is 2.42 bits per heavy atom. The normalized spacial score (nSPS) is 9.92. The first kappa shape index (κ1) is 11.8. The van der Waals surface area contributed by atoms with Crippen molar-refractivity contribution in [1.29, 1.82) is 0 Å². The molecular weight excluding hydrogens is 174 g/mol. The van der Waals surface area contributed by atoms with E-state index < -0.39 is 0 Å². The highest BCUT2D eigenvalue weighted by molar-refractivity contribution is 6.18. The maximum atomic E-state index is 11.3. The Hall–Kier alpha value is -0.240. The number of carbonyl (C=O) groups excluding carboxylic acids is 1. The van der Waals surface area contributed by atoms with Crippen LogP contribution in [0.15, 0.2) is 0 Å². The zero-order chi connectivity index (χ0) is 9.40. The van der Waals surface area contributed by atoms with Crippen LogP contribution in [0.25, 0.3) is 0 Å². The second-order valence-electron chi connectivity index (χ2n) is 2.78. The van der Waals surface area contributed by atoms with Crippen LogP contribution in [0.2, 0.25) is 0 Å². The van der Waals surface area contributed by atoms with Crippen molar-refractivity contribution in [3.63, 3.8) is 0 Å². The summed E-state index contributed by atoms with van der Waals surface area (Å²) in [5.41, 5.74) is 0. The van der Waals surface area contributed by atoms with Crippen LogP contribution in [0.3, 0.4) is 0 Å². The van der Waals surface area contributed by atoms with Gasteiger partial charge in [-0.3, -0.25) is 4.79 Å². The number of nitrogens with zero attached hydrogens (tertiary/aromatic N) is 1. The molecular formula is C9H18ClNO. The Labute approximate surface area is 79.9 Å². The molecule has 0 unspecified atom stereocenters. The van der Waals surface area contributed by atoms with Crippen LogP contribution in [0.5, 0.6) is 0 Å². The summed E-state index contributed by atoms with van der Waals surface area (Å²) >= 11 is 5.58. The van der Waals surface area contributed by atoms with E-state index in [1.165, 1.54) is 0 Å². The van der Waals surface area contributed by atoms with Gasteiger partial charge >= 0.3 is 0 Å². The summed E-state index contributed by atoms with van der Waals surface area (Å²) in [6.45, 7) is 5.55. The largest absolute Gasteiger partial charge is 0.342 e. The third-order valence-corrected chi connectivity index (χ3v) is 1.96. The van der Waals surface area contributed by atoms with Crippen molar-refractivity contribution in [3.8, 4) is 0 Å². The van der Waals surface area contributed by atoms with Gasteiger partial charge in [0.1, 0.15) is 0 Å². The molecule has 0 saturated heterocycles. The van der Waals surface area contributed by atoms with E-state index in [0.29, 0.717) is 18.8 Å². The van der Waals surface area contributed by atoms with Gasteiger partial charge in [0, 0.05) is 25.4 Å². The first-order valence-corrected chi connectivity index (χ1v) is 5.13. The van der Waals surface area contributed by atoms with Crippen LogP contribution >= 0.6 is 11.6 Å². The fourth-order valence-electron chi connectivity index (χ4n) is 1.04. The Balaban J connectivity index is 3.76. The molecule has 0 aliphatic rings.